The number of terminal acetylenes is 1. The Labute approximate surface area is 168 Å². The van der Waals surface area contributed by atoms with Gasteiger partial charge in [0.1, 0.15) is 5.82 Å². The fraction of sp³-hybridized carbons (Fsp3) is 0.227. The third kappa shape index (κ3) is 4.11. The first-order valence-electron chi connectivity index (χ1n) is 8.99. The van der Waals surface area contributed by atoms with Gasteiger partial charge in [0, 0.05) is 18.2 Å². The number of hydrogen-bond donors (Lipinski definition) is 2. The lowest BCUT2D eigenvalue weighted by Crippen LogP contribution is -2.53. The van der Waals surface area contributed by atoms with Gasteiger partial charge in [-0.15, -0.1) is 6.42 Å². The normalized spacial score (nSPS) is 16.2. The zero-order chi connectivity index (χ0) is 21.2. The Morgan fingerprint density at radius 3 is 2.45 bits per heavy atom. The van der Waals surface area contributed by atoms with E-state index in [2.05, 4.69) is 21.5 Å². The highest BCUT2D eigenvalue weighted by atomic mass is 19.1. The summed E-state index contributed by atoms with van der Waals surface area (Å²) >= 11 is 0. The number of benzene rings is 2. The van der Waals surface area contributed by atoms with Gasteiger partial charge in [0.15, 0.2) is 0 Å². The number of rotatable bonds is 3. The number of amides is 3. The van der Waals surface area contributed by atoms with Crippen LogP contribution in [0.15, 0.2) is 53.5 Å². The number of benzodiazepines with no additional fused rings is 1. The van der Waals surface area contributed by atoms with E-state index in [-0.39, 0.29) is 11.3 Å². The first-order chi connectivity index (χ1) is 13.7. The fourth-order valence-corrected chi connectivity index (χ4v) is 2.96. The molecule has 2 N–H and O–H groups in total. The van der Waals surface area contributed by atoms with Crippen LogP contribution in [0.25, 0.3) is 0 Å². The summed E-state index contributed by atoms with van der Waals surface area (Å²) in [7, 11) is 1.58. The van der Waals surface area contributed by atoms with Gasteiger partial charge in [0.25, 0.3) is 5.91 Å². The Balaban J connectivity index is 2.08. The molecule has 0 spiro atoms. The molecule has 1 unspecified atom stereocenters. The summed E-state index contributed by atoms with van der Waals surface area (Å²) in [5, 5.41) is 5.13. The van der Waals surface area contributed by atoms with Gasteiger partial charge in [-0.25, -0.2) is 14.2 Å². The molecule has 29 heavy (non-hydrogen) atoms. The van der Waals surface area contributed by atoms with Crippen LogP contribution in [0, 0.1) is 18.2 Å². The maximum Gasteiger partial charge on any atom is 0.318 e. The molecule has 6 nitrogen and oxygen atoms in total. The molecule has 3 amide bonds. The van der Waals surface area contributed by atoms with Gasteiger partial charge in [-0.3, -0.25) is 4.79 Å². The SMILES string of the molecule is C#CC(C)(C)NC(=O)NC1N=C(c2ccccc2F)c2ccccc2N(C)C1=O. The zero-order valence-corrected chi connectivity index (χ0v) is 16.4. The van der Waals surface area contributed by atoms with Crippen molar-refractivity contribution in [3.8, 4) is 12.3 Å². The molecular formula is C22H21FN4O2. The van der Waals surface area contributed by atoms with E-state index in [0.717, 1.165) is 0 Å². The highest BCUT2D eigenvalue weighted by molar-refractivity contribution is 6.20. The topological polar surface area (TPSA) is 73.8 Å². The van der Waals surface area contributed by atoms with Crippen LogP contribution in [-0.2, 0) is 4.79 Å². The number of para-hydroxylation sites is 1. The molecule has 0 saturated heterocycles. The second-order valence-electron chi connectivity index (χ2n) is 7.14. The lowest BCUT2D eigenvalue weighted by molar-refractivity contribution is -0.119. The maximum absolute atomic E-state index is 14.6. The minimum atomic E-state index is -1.25. The Bertz CT molecular complexity index is 1040. The van der Waals surface area contributed by atoms with E-state index in [0.29, 0.717) is 11.3 Å². The average molecular weight is 392 g/mol. The summed E-state index contributed by atoms with van der Waals surface area (Å²) in [4.78, 5) is 31.2. The molecule has 0 saturated carbocycles. The predicted molar refractivity (Wildman–Crippen MR) is 110 cm³/mol. The Morgan fingerprint density at radius 2 is 1.79 bits per heavy atom. The van der Waals surface area contributed by atoms with Crippen molar-refractivity contribution in [1.82, 2.24) is 10.6 Å². The van der Waals surface area contributed by atoms with E-state index in [4.69, 9.17) is 6.42 Å². The lowest BCUT2D eigenvalue weighted by atomic mass is 10.00. The standard InChI is InChI=1S/C22H21FN4O2/c1-5-22(2,3)26-21(29)25-19-20(28)27(4)17-13-9-7-11-15(17)18(24-19)14-10-6-8-12-16(14)23/h1,6-13,19H,2-4H3,(H2,25,26,29). The highest BCUT2D eigenvalue weighted by Crippen LogP contribution is 2.27. The van der Waals surface area contributed by atoms with Crippen LogP contribution in [0.2, 0.25) is 0 Å². The molecule has 7 heteroatoms. The molecule has 0 bridgehead atoms. The number of hydrogen-bond acceptors (Lipinski definition) is 3. The van der Waals surface area contributed by atoms with Crippen molar-refractivity contribution in [3.05, 3.63) is 65.5 Å². The number of nitrogens with zero attached hydrogens (tertiary/aromatic N) is 2. The number of aliphatic imine (C=N–C) groups is 1. The van der Waals surface area contributed by atoms with E-state index >= 15 is 0 Å². The minimum Gasteiger partial charge on any atom is -0.322 e. The van der Waals surface area contributed by atoms with E-state index in [9.17, 15) is 14.0 Å². The van der Waals surface area contributed by atoms with Gasteiger partial charge >= 0.3 is 6.03 Å². The Morgan fingerprint density at radius 1 is 1.17 bits per heavy atom. The van der Waals surface area contributed by atoms with Crippen molar-refractivity contribution < 1.29 is 14.0 Å². The van der Waals surface area contributed by atoms with Crippen molar-refractivity contribution >= 4 is 23.3 Å². The molecule has 0 radical (unpaired) electrons. The van der Waals surface area contributed by atoms with Crippen molar-refractivity contribution in [2.24, 2.45) is 4.99 Å². The predicted octanol–water partition coefficient (Wildman–Crippen LogP) is 2.68. The molecule has 3 rings (SSSR count). The van der Waals surface area contributed by atoms with Gasteiger partial charge < -0.3 is 15.5 Å². The van der Waals surface area contributed by atoms with Crippen molar-refractivity contribution in [2.45, 2.75) is 25.6 Å². The number of nitrogens with one attached hydrogen (secondary N) is 2. The molecular weight excluding hydrogens is 371 g/mol. The van der Waals surface area contributed by atoms with Crippen LogP contribution < -0.4 is 15.5 Å². The average Bonchev–Trinajstić information content (AvgIpc) is 2.79. The summed E-state index contributed by atoms with van der Waals surface area (Å²) in [6, 6.07) is 12.6. The van der Waals surface area contributed by atoms with Gasteiger partial charge in [-0.2, -0.15) is 0 Å². The molecule has 2 aromatic carbocycles. The minimum absolute atomic E-state index is 0.235. The van der Waals surface area contributed by atoms with Gasteiger partial charge in [0.05, 0.1) is 16.9 Å². The second kappa shape index (κ2) is 7.76. The van der Waals surface area contributed by atoms with Gasteiger partial charge in [-0.05, 0) is 32.0 Å². The third-order valence-corrected chi connectivity index (χ3v) is 4.53. The molecule has 1 aliphatic rings. The van der Waals surface area contributed by atoms with Crippen molar-refractivity contribution in [2.75, 3.05) is 11.9 Å². The second-order valence-corrected chi connectivity index (χ2v) is 7.14. The Hall–Kier alpha value is -3.66. The molecule has 0 aliphatic carbocycles. The molecule has 1 aliphatic heterocycles. The summed E-state index contributed by atoms with van der Waals surface area (Å²) in [5.41, 5.74) is 0.748. The summed E-state index contributed by atoms with van der Waals surface area (Å²) in [6.07, 6.45) is 4.14. The van der Waals surface area contributed by atoms with E-state index in [1.165, 1.54) is 11.0 Å². The number of carbonyl (C=O) groups is 2. The first kappa shape index (κ1) is 20.1. The molecule has 148 valence electrons. The smallest absolute Gasteiger partial charge is 0.318 e. The highest BCUT2D eigenvalue weighted by Gasteiger charge is 2.32. The van der Waals surface area contributed by atoms with Gasteiger partial charge in [0.2, 0.25) is 6.17 Å². The Kier molecular flexibility index (Phi) is 5.37. The molecule has 1 atom stereocenters. The van der Waals surface area contributed by atoms with Crippen LogP contribution in [0.3, 0.4) is 0 Å². The van der Waals surface area contributed by atoms with Gasteiger partial charge in [-0.1, -0.05) is 36.3 Å². The molecule has 0 fully saturated rings. The van der Waals surface area contributed by atoms with E-state index in [1.54, 1.807) is 63.4 Å². The van der Waals surface area contributed by atoms with Crippen LogP contribution in [0.4, 0.5) is 14.9 Å². The van der Waals surface area contributed by atoms with E-state index < -0.39 is 29.5 Å². The summed E-state index contributed by atoms with van der Waals surface area (Å²) < 4.78 is 14.6. The number of halogens is 1. The molecule has 2 aromatic rings. The summed E-state index contributed by atoms with van der Waals surface area (Å²) in [6.45, 7) is 3.30. The van der Waals surface area contributed by atoms with Crippen molar-refractivity contribution in [1.29, 1.82) is 0 Å². The van der Waals surface area contributed by atoms with E-state index in [1.807, 2.05) is 0 Å². The molecule has 0 aromatic heterocycles. The number of urea groups is 1. The number of anilines is 1. The van der Waals surface area contributed by atoms with Crippen LogP contribution in [0.5, 0.6) is 0 Å². The largest absolute Gasteiger partial charge is 0.322 e. The third-order valence-electron chi connectivity index (χ3n) is 4.53. The van der Waals surface area contributed by atoms with Crippen molar-refractivity contribution in [3.63, 3.8) is 0 Å². The van der Waals surface area contributed by atoms with Crippen LogP contribution in [0.1, 0.15) is 25.0 Å². The number of fused-ring (bicyclic) bond motifs is 1. The zero-order valence-electron chi connectivity index (χ0n) is 16.4. The monoisotopic (exact) mass is 392 g/mol. The molecule has 1 heterocycles. The quantitative estimate of drug-likeness (QED) is 0.789. The first-order valence-corrected chi connectivity index (χ1v) is 8.99. The number of likely N-dealkylation sites (N-methyl/N-ethyl adjacent to an activating group) is 1. The van der Waals surface area contributed by atoms with Crippen LogP contribution >= 0.6 is 0 Å². The van der Waals surface area contributed by atoms with Crippen LogP contribution in [-0.4, -0.2) is 36.4 Å². The fourth-order valence-electron chi connectivity index (χ4n) is 2.96. The lowest BCUT2D eigenvalue weighted by Gasteiger charge is -2.23. The maximum atomic E-state index is 14.6. The summed E-state index contributed by atoms with van der Waals surface area (Å²) in [5.74, 6) is 1.51. The number of carbonyl (C=O) groups excluding carboxylic acids is 2.